The number of likely N-dealkylation sites (tertiary alicyclic amines) is 2. The molecule has 3 atom stereocenters. The first kappa shape index (κ1) is 18.2. The minimum absolute atomic E-state index is 0.00652. The van der Waals surface area contributed by atoms with Gasteiger partial charge >= 0.3 is 5.97 Å². The smallest absolute Gasteiger partial charge is 0.326 e. The van der Waals surface area contributed by atoms with E-state index in [-0.39, 0.29) is 18.7 Å². The minimum atomic E-state index is -1.02. The van der Waals surface area contributed by atoms with Crippen LogP contribution in [0.1, 0.15) is 38.5 Å². The van der Waals surface area contributed by atoms with Gasteiger partial charge in [-0.15, -0.1) is 0 Å². The normalized spacial score (nSPS) is 24.9. The van der Waals surface area contributed by atoms with Crippen molar-refractivity contribution < 1.29 is 24.3 Å². The molecule has 0 radical (unpaired) electrons. The van der Waals surface area contributed by atoms with Gasteiger partial charge in [-0.3, -0.25) is 14.4 Å². The molecule has 0 bridgehead atoms. The summed E-state index contributed by atoms with van der Waals surface area (Å²) in [5.74, 6) is -2.27. The first-order chi connectivity index (χ1) is 11.3. The third kappa shape index (κ3) is 3.84. The van der Waals surface area contributed by atoms with Crippen LogP contribution in [-0.2, 0) is 19.2 Å². The lowest BCUT2D eigenvalue weighted by Crippen LogP contribution is -2.54. The van der Waals surface area contributed by atoms with Crippen molar-refractivity contribution >= 4 is 23.7 Å². The van der Waals surface area contributed by atoms with Crippen molar-refractivity contribution in [2.45, 2.75) is 56.7 Å². The molecule has 2 saturated heterocycles. The van der Waals surface area contributed by atoms with Gasteiger partial charge in [0.05, 0.1) is 6.04 Å². The quantitative estimate of drug-likeness (QED) is 0.544. The molecule has 3 unspecified atom stereocenters. The van der Waals surface area contributed by atoms with E-state index in [2.05, 4.69) is 0 Å². The fourth-order valence-electron chi connectivity index (χ4n) is 3.40. The summed E-state index contributed by atoms with van der Waals surface area (Å²) in [7, 11) is 0. The SMILES string of the molecule is NC(=O)CCC(N)C(=O)N1CCCC1C(=O)N1CCCC1C(=O)O. The molecule has 0 spiro atoms. The summed E-state index contributed by atoms with van der Waals surface area (Å²) >= 11 is 0. The molecule has 0 aromatic carbocycles. The Balaban J connectivity index is 2.04. The van der Waals surface area contributed by atoms with E-state index in [0.717, 1.165) is 0 Å². The van der Waals surface area contributed by atoms with Crippen molar-refractivity contribution in [2.75, 3.05) is 13.1 Å². The zero-order valence-electron chi connectivity index (χ0n) is 13.5. The standard InChI is InChI=1S/C15H24N4O5/c16-9(5-6-12(17)20)13(21)18-7-1-3-10(18)14(22)19-8-2-4-11(19)15(23)24/h9-11H,1-8,16H2,(H2,17,20)(H,23,24). The highest BCUT2D eigenvalue weighted by molar-refractivity contribution is 5.92. The van der Waals surface area contributed by atoms with Gasteiger partial charge in [0.15, 0.2) is 0 Å². The lowest BCUT2D eigenvalue weighted by atomic mass is 10.1. The van der Waals surface area contributed by atoms with Crippen LogP contribution in [0.5, 0.6) is 0 Å². The second-order valence-corrected chi connectivity index (χ2v) is 6.33. The maximum atomic E-state index is 12.7. The van der Waals surface area contributed by atoms with Gasteiger partial charge < -0.3 is 26.4 Å². The van der Waals surface area contributed by atoms with E-state index in [1.807, 2.05) is 0 Å². The van der Waals surface area contributed by atoms with Gasteiger partial charge in [-0.05, 0) is 32.1 Å². The number of hydrogen-bond donors (Lipinski definition) is 3. The van der Waals surface area contributed by atoms with E-state index >= 15 is 0 Å². The van der Waals surface area contributed by atoms with Gasteiger partial charge in [0.1, 0.15) is 12.1 Å². The fourth-order valence-corrected chi connectivity index (χ4v) is 3.40. The van der Waals surface area contributed by atoms with Crippen molar-refractivity contribution in [3.63, 3.8) is 0 Å². The van der Waals surface area contributed by atoms with Crippen LogP contribution in [0, 0.1) is 0 Å². The van der Waals surface area contributed by atoms with Crippen LogP contribution in [0.3, 0.4) is 0 Å². The Kier molecular flexibility index (Phi) is 5.76. The molecule has 24 heavy (non-hydrogen) atoms. The Bertz CT molecular complexity index is 538. The highest BCUT2D eigenvalue weighted by Crippen LogP contribution is 2.25. The summed E-state index contributed by atoms with van der Waals surface area (Å²) in [6, 6.07) is -2.38. The first-order valence-corrected chi connectivity index (χ1v) is 8.20. The molecule has 2 aliphatic rings. The van der Waals surface area contributed by atoms with Gasteiger partial charge in [0, 0.05) is 19.5 Å². The number of carboxylic acids is 1. The summed E-state index contributed by atoms with van der Waals surface area (Å²) in [5.41, 5.74) is 10.9. The maximum Gasteiger partial charge on any atom is 0.326 e. The Labute approximate surface area is 139 Å². The number of rotatable bonds is 6. The molecule has 0 aromatic heterocycles. The third-order valence-corrected chi connectivity index (χ3v) is 4.66. The topological polar surface area (TPSA) is 147 Å². The average molecular weight is 340 g/mol. The number of nitrogens with two attached hydrogens (primary N) is 2. The van der Waals surface area contributed by atoms with Crippen LogP contribution in [0.15, 0.2) is 0 Å². The van der Waals surface area contributed by atoms with Crippen molar-refractivity contribution in [3.05, 3.63) is 0 Å². The molecule has 9 nitrogen and oxygen atoms in total. The van der Waals surface area contributed by atoms with Gasteiger partial charge in [-0.2, -0.15) is 0 Å². The molecule has 0 saturated carbocycles. The lowest BCUT2D eigenvalue weighted by Gasteiger charge is -2.31. The van der Waals surface area contributed by atoms with Crippen LogP contribution in [0.4, 0.5) is 0 Å². The predicted molar refractivity (Wildman–Crippen MR) is 83.5 cm³/mol. The van der Waals surface area contributed by atoms with Gasteiger partial charge in [0.2, 0.25) is 17.7 Å². The number of primary amides is 1. The van der Waals surface area contributed by atoms with Gasteiger partial charge in [0.25, 0.3) is 0 Å². The van der Waals surface area contributed by atoms with Crippen molar-refractivity contribution in [2.24, 2.45) is 11.5 Å². The maximum absolute atomic E-state index is 12.7. The summed E-state index contributed by atoms with van der Waals surface area (Å²) in [6.07, 6.45) is 2.37. The van der Waals surface area contributed by atoms with Crippen LogP contribution >= 0.6 is 0 Å². The summed E-state index contributed by atoms with van der Waals surface area (Å²) < 4.78 is 0. The van der Waals surface area contributed by atoms with Crippen LogP contribution in [0.2, 0.25) is 0 Å². The van der Waals surface area contributed by atoms with Crippen LogP contribution in [-0.4, -0.2) is 69.8 Å². The van der Waals surface area contributed by atoms with Crippen LogP contribution < -0.4 is 11.5 Å². The molecule has 2 aliphatic heterocycles. The number of carbonyl (C=O) groups excluding carboxylic acids is 3. The van der Waals surface area contributed by atoms with Crippen LogP contribution in [0.25, 0.3) is 0 Å². The number of amides is 3. The average Bonchev–Trinajstić information content (AvgIpc) is 3.19. The van der Waals surface area contributed by atoms with Crippen molar-refractivity contribution in [1.29, 1.82) is 0 Å². The third-order valence-electron chi connectivity index (χ3n) is 4.66. The first-order valence-electron chi connectivity index (χ1n) is 8.20. The number of aliphatic carboxylic acids is 1. The van der Waals surface area contributed by atoms with E-state index in [9.17, 15) is 24.3 Å². The van der Waals surface area contributed by atoms with E-state index in [1.165, 1.54) is 9.80 Å². The summed E-state index contributed by atoms with van der Waals surface area (Å²) in [4.78, 5) is 50.0. The second kappa shape index (κ2) is 7.61. The molecular formula is C15H24N4O5. The highest BCUT2D eigenvalue weighted by Gasteiger charge is 2.42. The largest absolute Gasteiger partial charge is 0.480 e. The van der Waals surface area contributed by atoms with Crippen molar-refractivity contribution in [1.82, 2.24) is 9.80 Å². The molecule has 0 aliphatic carbocycles. The summed E-state index contributed by atoms with van der Waals surface area (Å²) in [5, 5.41) is 9.22. The van der Waals surface area contributed by atoms with Crippen molar-refractivity contribution in [3.8, 4) is 0 Å². The highest BCUT2D eigenvalue weighted by atomic mass is 16.4. The number of carboxylic acid groups (broad SMARTS) is 1. The number of carbonyl (C=O) groups is 4. The lowest BCUT2D eigenvalue weighted by molar-refractivity contribution is -0.152. The Morgan fingerprint density at radius 3 is 2.21 bits per heavy atom. The Morgan fingerprint density at radius 1 is 1.04 bits per heavy atom. The molecule has 2 fully saturated rings. The summed E-state index contributed by atoms with van der Waals surface area (Å²) in [6.45, 7) is 0.799. The molecule has 2 rings (SSSR count). The number of hydrogen-bond acceptors (Lipinski definition) is 5. The molecule has 0 aromatic rings. The fraction of sp³-hybridized carbons (Fsp3) is 0.733. The zero-order valence-corrected chi connectivity index (χ0v) is 13.5. The van der Waals surface area contributed by atoms with Gasteiger partial charge in [-0.1, -0.05) is 0 Å². The zero-order chi connectivity index (χ0) is 17.9. The van der Waals surface area contributed by atoms with Gasteiger partial charge in [-0.25, -0.2) is 4.79 Å². The Morgan fingerprint density at radius 2 is 1.62 bits per heavy atom. The monoisotopic (exact) mass is 340 g/mol. The molecular weight excluding hydrogens is 316 g/mol. The second-order valence-electron chi connectivity index (χ2n) is 6.33. The van der Waals surface area contributed by atoms with E-state index < -0.39 is 35.9 Å². The minimum Gasteiger partial charge on any atom is -0.480 e. The van der Waals surface area contributed by atoms with E-state index in [4.69, 9.17) is 11.5 Å². The molecule has 2 heterocycles. The molecule has 134 valence electrons. The Hall–Kier alpha value is -2.16. The van der Waals surface area contributed by atoms with E-state index in [1.54, 1.807) is 0 Å². The molecule has 3 amide bonds. The molecule has 5 N–H and O–H groups in total. The number of nitrogens with zero attached hydrogens (tertiary/aromatic N) is 2. The molecule has 9 heteroatoms. The predicted octanol–water partition coefficient (Wildman–Crippen LogP) is -1.35. The van der Waals surface area contributed by atoms with E-state index in [0.29, 0.717) is 38.8 Å².